The van der Waals surface area contributed by atoms with Crippen LogP contribution in [0.4, 0.5) is 0 Å². The van der Waals surface area contributed by atoms with Gasteiger partial charge in [0.25, 0.3) is 0 Å². The molecule has 2 saturated carbocycles. The van der Waals surface area contributed by atoms with Gasteiger partial charge in [-0.1, -0.05) is 30.3 Å². The highest BCUT2D eigenvalue weighted by atomic mass is 16.3. The fourth-order valence-electron chi connectivity index (χ4n) is 4.36. The van der Waals surface area contributed by atoms with Crippen molar-refractivity contribution in [1.29, 1.82) is 0 Å². The van der Waals surface area contributed by atoms with Crippen molar-refractivity contribution in [1.82, 2.24) is 10.2 Å². The Morgan fingerprint density at radius 3 is 2.44 bits per heavy atom. The number of carbonyl (C=O) groups is 2. The quantitative estimate of drug-likeness (QED) is 0.754. The summed E-state index contributed by atoms with van der Waals surface area (Å²) in [7, 11) is 1.84. The number of amides is 2. The minimum Gasteiger partial charge on any atom is -0.391 e. The Labute approximate surface area is 162 Å². The molecule has 1 aromatic rings. The number of rotatable bonds is 6. The second kappa shape index (κ2) is 8.42. The number of aliphatic hydroxyl groups is 1. The van der Waals surface area contributed by atoms with Gasteiger partial charge in [0, 0.05) is 32.4 Å². The lowest BCUT2D eigenvalue weighted by molar-refractivity contribution is -0.134. The molecular weight excluding hydrogens is 340 g/mol. The van der Waals surface area contributed by atoms with E-state index in [1.807, 2.05) is 25.2 Å². The second-order valence-corrected chi connectivity index (χ2v) is 8.42. The van der Waals surface area contributed by atoms with Crippen LogP contribution in [0.5, 0.6) is 0 Å². The third-order valence-corrected chi connectivity index (χ3v) is 6.39. The average molecular weight is 373 g/mol. The van der Waals surface area contributed by atoms with Crippen LogP contribution in [0.1, 0.15) is 57.4 Å². The van der Waals surface area contributed by atoms with E-state index in [2.05, 4.69) is 17.4 Å². The fraction of sp³-hybridized carbons (Fsp3) is 0.636. The number of likely N-dealkylation sites (N-methyl/N-ethyl adjacent to an activating group) is 1. The summed E-state index contributed by atoms with van der Waals surface area (Å²) >= 11 is 0. The van der Waals surface area contributed by atoms with Crippen molar-refractivity contribution in [2.24, 2.45) is 5.92 Å². The first-order chi connectivity index (χ1) is 12.9. The minimum absolute atomic E-state index is 0.0385. The summed E-state index contributed by atoms with van der Waals surface area (Å²) in [5.41, 5.74) is 0.988. The maximum Gasteiger partial charge on any atom is 0.222 e. The zero-order valence-corrected chi connectivity index (χ0v) is 16.5. The SMILES string of the molecule is CC(=O)NC[C@]1(c2ccccc2)CC[C@@H](O)[C@H](N(C)C(=O)CC2CC2)CC1. The number of benzene rings is 1. The van der Waals surface area contributed by atoms with Crippen LogP contribution < -0.4 is 5.32 Å². The molecule has 2 amide bonds. The van der Waals surface area contributed by atoms with Crippen molar-refractivity contribution in [3.63, 3.8) is 0 Å². The molecule has 0 spiro atoms. The van der Waals surface area contributed by atoms with E-state index >= 15 is 0 Å². The number of aliphatic hydroxyl groups excluding tert-OH is 1. The highest BCUT2D eigenvalue weighted by molar-refractivity contribution is 5.77. The normalized spacial score (nSPS) is 28.3. The maximum atomic E-state index is 12.6. The predicted octanol–water partition coefficient (Wildman–Crippen LogP) is 2.62. The summed E-state index contributed by atoms with van der Waals surface area (Å²) in [4.78, 5) is 25.9. The lowest BCUT2D eigenvalue weighted by atomic mass is 9.74. The Morgan fingerprint density at radius 2 is 1.81 bits per heavy atom. The van der Waals surface area contributed by atoms with Gasteiger partial charge in [-0.05, 0) is 50.0 Å². The van der Waals surface area contributed by atoms with Gasteiger partial charge < -0.3 is 15.3 Å². The summed E-state index contributed by atoms with van der Waals surface area (Å²) in [6.07, 6.45) is 5.38. The van der Waals surface area contributed by atoms with Crippen molar-refractivity contribution in [2.75, 3.05) is 13.6 Å². The van der Waals surface area contributed by atoms with E-state index in [-0.39, 0.29) is 23.3 Å². The summed E-state index contributed by atoms with van der Waals surface area (Å²) in [6.45, 7) is 2.10. The van der Waals surface area contributed by atoms with Crippen LogP contribution in [0, 0.1) is 5.92 Å². The molecule has 0 aromatic heterocycles. The fourth-order valence-corrected chi connectivity index (χ4v) is 4.36. The number of hydrogen-bond donors (Lipinski definition) is 2. The van der Waals surface area contributed by atoms with Gasteiger partial charge in [-0.2, -0.15) is 0 Å². The van der Waals surface area contributed by atoms with Crippen molar-refractivity contribution < 1.29 is 14.7 Å². The highest BCUT2D eigenvalue weighted by Gasteiger charge is 2.40. The lowest BCUT2D eigenvalue weighted by Gasteiger charge is -2.34. The van der Waals surface area contributed by atoms with Gasteiger partial charge in [0.2, 0.25) is 11.8 Å². The maximum absolute atomic E-state index is 12.6. The van der Waals surface area contributed by atoms with Crippen molar-refractivity contribution in [2.45, 2.75) is 69.4 Å². The zero-order chi connectivity index (χ0) is 19.4. The first-order valence-corrected chi connectivity index (χ1v) is 10.1. The molecule has 5 nitrogen and oxygen atoms in total. The molecule has 3 rings (SSSR count). The molecule has 5 heteroatoms. The van der Waals surface area contributed by atoms with Crippen molar-refractivity contribution >= 4 is 11.8 Å². The summed E-state index contributed by atoms with van der Waals surface area (Å²) < 4.78 is 0. The molecule has 2 fully saturated rings. The molecule has 2 N–H and O–H groups in total. The van der Waals surface area contributed by atoms with Crippen molar-refractivity contribution in [3.8, 4) is 0 Å². The molecular formula is C22H32N2O3. The second-order valence-electron chi connectivity index (χ2n) is 8.42. The number of nitrogens with one attached hydrogen (secondary N) is 1. The molecule has 0 aliphatic heterocycles. The van der Waals surface area contributed by atoms with E-state index < -0.39 is 6.10 Å². The highest BCUT2D eigenvalue weighted by Crippen LogP contribution is 2.40. The Morgan fingerprint density at radius 1 is 1.15 bits per heavy atom. The summed E-state index contributed by atoms with van der Waals surface area (Å²) in [5, 5.41) is 13.8. The third-order valence-electron chi connectivity index (χ3n) is 6.39. The van der Waals surface area contributed by atoms with Crippen LogP contribution >= 0.6 is 0 Å². The number of nitrogens with zero attached hydrogens (tertiary/aromatic N) is 1. The summed E-state index contributed by atoms with van der Waals surface area (Å²) in [5.74, 6) is 0.657. The molecule has 0 radical (unpaired) electrons. The first kappa shape index (κ1) is 19.9. The Hall–Kier alpha value is -1.88. The molecule has 0 unspecified atom stereocenters. The molecule has 2 aliphatic carbocycles. The van der Waals surface area contributed by atoms with Gasteiger partial charge in [0.15, 0.2) is 0 Å². The van der Waals surface area contributed by atoms with Crippen LogP contribution in [0.25, 0.3) is 0 Å². The van der Waals surface area contributed by atoms with E-state index in [1.165, 1.54) is 12.5 Å². The van der Waals surface area contributed by atoms with Gasteiger partial charge in [-0.15, -0.1) is 0 Å². The number of hydrogen-bond acceptors (Lipinski definition) is 3. The molecule has 0 bridgehead atoms. The third kappa shape index (κ3) is 4.89. The molecule has 3 atom stereocenters. The van der Waals surface area contributed by atoms with Crippen LogP contribution in [0.3, 0.4) is 0 Å². The monoisotopic (exact) mass is 372 g/mol. The van der Waals surface area contributed by atoms with E-state index in [4.69, 9.17) is 0 Å². The van der Waals surface area contributed by atoms with Gasteiger partial charge in [0.05, 0.1) is 12.1 Å². The Balaban J connectivity index is 1.77. The smallest absolute Gasteiger partial charge is 0.222 e. The van der Waals surface area contributed by atoms with Gasteiger partial charge in [0.1, 0.15) is 0 Å². The molecule has 2 aliphatic rings. The van der Waals surface area contributed by atoms with E-state index in [0.717, 1.165) is 32.1 Å². The topological polar surface area (TPSA) is 69.6 Å². The van der Waals surface area contributed by atoms with Crippen LogP contribution in [-0.2, 0) is 15.0 Å². The molecule has 27 heavy (non-hydrogen) atoms. The molecule has 0 heterocycles. The van der Waals surface area contributed by atoms with E-state index in [1.54, 1.807) is 4.90 Å². The van der Waals surface area contributed by atoms with Crippen molar-refractivity contribution in [3.05, 3.63) is 35.9 Å². The molecule has 148 valence electrons. The largest absolute Gasteiger partial charge is 0.391 e. The van der Waals surface area contributed by atoms with Gasteiger partial charge in [-0.25, -0.2) is 0 Å². The van der Waals surface area contributed by atoms with Crippen LogP contribution in [-0.4, -0.2) is 47.6 Å². The van der Waals surface area contributed by atoms with Crippen LogP contribution in [0.2, 0.25) is 0 Å². The molecule has 1 aromatic carbocycles. The average Bonchev–Trinajstić information content (AvgIpc) is 3.48. The first-order valence-electron chi connectivity index (χ1n) is 10.1. The predicted molar refractivity (Wildman–Crippen MR) is 105 cm³/mol. The molecule has 0 saturated heterocycles. The zero-order valence-electron chi connectivity index (χ0n) is 16.5. The standard InChI is InChI=1S/C22H32N2O3/c1-16(25)23-15-22(18-6-4-3-5-7-18)12-10-19(20(26)11-13-22)24(2)21(27)14-17-8-9-17/h3-7,17,19-20,26H,8-15H2,1-2H3,(H,23,25)/t19-,20-,22-/m1/s1. The number of carbonyl (C=O) groups excluding carboxylic acids is 2. The Kier molecular flexibility index (Phi) is 6.20. The minimum atomic E-state index is -0.527. The van der Waals surface area contributed by atoms with Gasteiger partial charge >= 0.3 is 0 Å². The van der Waals surface area contributed by atoms with E-state index in [9.17, 15) is 14.7 Å². The Bertz CT molecular complexity index is 659. The van der Waals surface area contributed by atoms with E-state index in [0.29, 0.717) is 25.3 Å². The van der Waals surface area contributed by atoms with Gasteiger partial charge in [-0.3, -0.25) is 9.59 Å². The lowest BCUT2D eigenvalue weighted by Crippen LogP contribution is -2.44. The summed E-state index contributed by atoms with van der Waals surface area (Å²) in [6, 6.07) is 10.1. The van der Waals surface area contributed by atoms with Crippen LogP contribution in [0.15, 0.2) is 30.3 Å².